The highest BCUT2D eigenvalue weighted by Crippen LogP contribution is 2.24. The van der Waals surface area contributed by atoms with Gasteiger partial charge in [0.2, 0.25) is 5.91 Å². The van der Waals surface area contributed by atoms with E-state index in [1.807, 2.05) is 31.2 Å². The van der Waals surface area contributed by atoms with Crippen molar-refractivity contribution in [2.24, 2.45) is 5.73 Å². The first-order chi connectivity index (χ1) is 9.54. The minimum atomic E-state index is -0.975. The fourth-order valence-corrected chi connectivity index (χ4v) is 2.62. The molecule has 1 heterocycles. The van der Waals surface area contributed by atoms with Gasteiger partial charge in [0.1, 0.15) is 6.04 Å². The van der Waals surface area contributed by atoms with Gasteiger partial charge in [-0.05, 0) is 17.5 Å². The Kier molecular flexibility index (Phi) is 4.39. The number of carbonyl (C=O) groups excluding carboxylic acids is 1. The molecule has 0 saturated carbocycles. The molecule has 0 fully saturated rings. The molecule has 1 unspecified atom stereocenters. The molecule has 0 saturated heterocycles. The fourth-order valence-electron chi connectivity index (χ4n) is 2.62. The molecule has 20 heavy (non-hydrogen) atoms. The third-order valence-electron chi connectivity index (χ3n) is 3.73. The van der Waals surface area contributed by atoms with Gasteiger partial charge in [0.15, 0.2) is 0 Å². The van der Waals surface area contributed by atoms with E-state index in [4.69, 9.17) is 5.73 Å². The largest absolute Gasteiger partial charge is 0.480 e. The van der Waals surface area contributed by atoms with E-state index in [0.29, 0.717) is 19.4 Å². The van der Waals surface area contributed by atoms with Gasteiger partial charge in [-0.3, -0.25) is 4.79 Å². The predicted molar refractivity (Wildman–Crippen MR) is 75.0 cm³/mol. The summed E-state index contributed by atoms with van der Waals surface area (Å²) in [6.07, 6.45) is 1.72. The van der Waals surface area contributed by atoms with Crippen molar-refractivity contribution in [3.05, 3.63) is 35.4 Å². The number of hydrogen-bond donors (Lipinski definition) is 2. The molecule has 1 aromatic rings. The summed E-state index contributed by atoms with van der Waals surface area (Å²) in [5.74, 6) is -1.25. The lowest BCUT2D eigenvalue weighted by Gasteiger charge is -2.35. The van der Waals surface area contributed by atoms with Crippen LogP contribution in [0.1, 0.15) is 30.9 Å². The Hall–Kier alpha value is -1.88. The van der Waals surface area contributed by atoms with E-state index in [1.54, 1.807) is 0 Å². The van der Waals surface area contributed by atoms with Gasteiger partial charge in [-0.1, -0.05) is 37.6 Å². The third kappa shape index (κ3) is 2.82. The second-order valence-electron chi connectivity index (χ2n) is 5.19. The van der Waals surface area contributed by atoms with Gasteiger partial charge >= 0.3 is 5.97 Å². The molecule has 0 spiro atoms. The van der Waals surface area contributed by atoms with E-state index in [9.17, 15) is 14.7 Å². The molecule has 0 radical (unpaired) electrons. The van der Waals surface area contributed by atoms with Gasteiger partial charge < -0.3 is 15.7 Å². The lowest BCUT2D eigenvalue weighted by atomic mass is 9.93. The quantitative estimate of drug-likeness (QED) is 0.864. The number of amides is 1. The monoisotopic (exact) mass is 276 g/mol. The zero-order chi connectivity index (χ0) is 14.7. The highest BCUT2D eigenvalue weighted by Gasteiger charge is 2.36. The maximum Gasteiger partial charge on any atom is 0.326 e. The van der Waals surface area contributed by atoms with Gasteiger partial charge in [-0.2, -0.15) is 0 Å². The van der Waals surface area contributed by atoms with Crippen molar-refractivity contribution < 1.29 is 14.7 Å². The maximum absolute atomic E-state index is 12.4. The van der Waals surface area contributed by atoms with Crippen molar-refractivity contribution >= 4 is 11.9 Å². The summed E-state index contributed by atoms with van der Waals surface area (Å²) in [5, 5.41) is 9.36. The van der Waals surface area contributed by atoms with Crippen molar-refractivity contribution in [2.75, 3.05) is 0 Å². The van der Waals surface area contributed by atoms with Crippen molar-refractivity contribution in [1.82, 2.24) is 4.90 Å². The van der Waals surface area contributed by atoms with E-state index in [1.165, 1.54) is 4.90 Å². The van der Waals surface area contributed by atoms with Gasteiger partial charge in [0.25, 0.3) is 0 Å². The zero-order valence-electron chi connectivity index (χ0n) is 11.6. The second kappa shape index (κ2) is 6.05. The molecule has 1 aliphatic rings. The van der Waals surface area contributed by atoms with Crippen LogP contribution in [0, 0.1) is 0 Å². The van der Waals surface area contributed by atoms with Crippen LogP contribution in [-0.2, 0) is 22.6 Å². The first kappa shape index (κ1) is 14.5. The highest BCUT2D eigenvalue weighted by molar-refractivity contribution is 5.87. The Morgan fingerprint density at radius 3 is 2.65 bits per heavy atom. The smallest absolute Gasteiger partial charge is 0.326 e. The molecule has 5 nitrogen and oxygen atoms in total. The summed E-state index contributed by atoms with van der Waals surface area (Å²) >= 11 is 0. The summed E-state index contributed by atoms with van der Waals surface area (Å²) in [6.45, 7) is 2.27. The van der Waals surface area contributed by atoms with E-state index < -0.39 is 18.1 Å². The maximum atomic E-state index is 12.4. The van der Waals surface area contributed by atoms with Crippen LogP contribution in [0.4, 0.5) is 0 Å². The lowest BCUT2D eigenvalue weighted by Crippen LogP contribution is -2.53. The van der Waals surface area contributed by atoms with Crippen LogP contribution in [0.15, 0.2) is 24.3 Å². The van der Waals surface area contributed by atoms with Crippen LogP contribution in [0.3, 0.4) is 0 Å². The molecule has 1 amide bonds. The van der Waals surface area contributed by atoms with E-state index in [2.05, 4.69) is 0 Å². The van der Waals surface area contributed by atoms with Gasteiger partial charge in [-0.15, -0.1) is 0 Å². The molecule has 3 N–H and O–H groups in total. The molecular formula is C15H20N2O3. The van der Waals surface area contributed by atoms with Crippen LogP contribution < -0.4 is 5.73 Å². The molecule has 0 aromatic heterocycles. The minimum absolute atomic E-state index is 0.270. The molecular weight excluding hydrogens is 256 g/mol. The number of carboxylic acid groups (broad SMARTS) is 1. The Morgan fingerprint density at radius 1 is 1.40 bits per heavy atom. The summed E-state index contributed by atoms with van der Waals surface area (Å²) in [5.41, 5.74) is 7.85. The molecule has 1 aliphatic heterocycles. The molecule has 2 rings (SSSR count). The number of nitrogens with zero attached hydrogens (tertiary/aromatic N) is 1. The van der Waals surface area contributed by atoms with Crippen LogP contribution in [0.2, 0.25) is 0 Å². The number of carboxylic acids is 1. The lowest BCUT2D eigenvalue weighted by molar-refractivity contribution is -0.152. The molecule has 108 valence electrons. The second-order valence-corrected chi connectivity index (χ2v) is 5.19. The number of benzene rings is 1. The first-order valence-electron chi connectivity index (χ1n) is 6.90. The number of rotatable bonds is 4. The summed E-state index contributed by atoms with van der Waals surface area (Å²) in [6, 6.07) is 6.19. The topological polar surface area (TPSA) is 83.6 Å². The van der Waals surface area contributed by atoms with Gasteiger partial charge in [0.05, 0.1) is 6.04 Å². The van der Waals surface area contributed by atoms with E-state index >= 15 is 0 Å². The Bertz CT molecular complexity index is 516. The van der Waals surface area contributed by atoms with Crippen LogP contribution in [0.25, 0.3) is 0 Å². The van der Waals surface area contributed by atoms with Crippen molar-refractivity contribution in [3.8, 4) is 0 Å². The predicted octanol–water partition coefficient (Wildman–Crippen LogP) is 1.15. The first-order valence-corrected chi connectivity index (χ1v) is 6.90. The average molecular weight is 276 g/mol. The van der Waals surface area contributed by atoms with Crippen molar-refractivity contribution in [2.45, 2.75) is 44.8 Å². The van der Waals surface area contributed by atoms with Crippen LogP contribution in [-0.4, -0.2) is 34.0 Å². The summed E-state index contributed by atoms with van der Waals surface area (Å²) in [4.78, 5) is 25.2. The van der Waals surface area contributed by atoms with Crippen LogP contribution >= 0.6 is 0 Å². The minimum Gasteiger partial charge on any atom is -0.480 e. The summed E-state index contributed by atoms with van der Waals surface area (Å²) in [7, 11) is 0. The number of nitrogens with two attached hydrogens (primary N) is 1. The third-order valence-corrected chi connectivity index (χ3v) is 3.73. The van der Waals surface area contributed by atoms with Crippen molar-refractivity contribution in [1.29, 1.82) is 0 Å². The Labute approximate surface area is 118 Å². The van der Waals surface area contributed by atoms with Crippen molar-refractivity contribution in [3.63, 3.8) is 0 Å². The molecule has 5 heteroatoms. The average Bonchev–Trinajstić information content (AvgIpc) is 2.45. The van der Waals surface area contributed by atoms with Crippen LogP contribution in [0.5, 0.6) is 0 Å². The summed E-state index contributed by atoms with van der Waals surface area (Å²) < 4.78 is 0. The molecule has 0 aliphatic carbocycles. The van der Waals surface area contributed by atoms with Gasteiger partial charge in [0, 0.05) is 13.0 Å². The normalized spacial score (nSPS) is 19.3. The van der Waals surface area contributed by atoms with Gasteiger partial charge in [-0.25, -0.2) is 4.79 Å². The fraction of sp³-hybridized carbons (Fsp3) is 0.467. The molecule has 0 bridgehead atoms. The Balaban J connectivity index is 2.26. The number of fused-ring (bicyclic) bond motifs is 1. The SMILES string of the molecule is CCC[C@@H](N)C(=O)N1Cc2ccccc2CC1C(=O)O. The van der Waals surface area contributed by atoms with E-state index in [0.717, 1.165) is 17.5 Å². The zero-order valence-corrected chi connectivity index (χ0v) is 11.6. The standard InChI is InChI=1S/C15H20N2O3/c1-2-5-12(16)14(18)17-9-11-7-4-3-6-10(11)8-13(17)15(19)20/h3-4,6-7,12-13H,2,5,8-9,16H2,1H3,(H,19,20)/t12-,13?/m1/s1. The highest BCUT2D eigenvalue weighted by atomic mass is 16.4. The molecule has 1 aromatic carbocycles. The number of aliphatic carboxylic acids is 1. The van der Waals surface area contributed by atoms with E-state index in [-0.39, 0.29) is 5.91 Å². The number of carbonyl (C=O) groups is 2. The molecule has 2 atom stereocenters. The Morgan fingerprint density at radius 2 is 2.05 bits per heavy atom. The number of hydrogen-bond acceptors (Lipinski definition) is 3.